The van der Waals surface area contributed by atoms with Gasteiger partial charge in [-0.3, -0.25) is 8.80 Å². The molecule has 0 atom stereocenters. The molecule has 12 rings (SSSR count). The monoisotopic (exact) mass is 809 g/mol. The van der Waals surface area contributed by atoms with Crippen molar-refractivity contribution < 1.29 is 0 Å². The number of nitrogens with zero attached hydrogens (tertiary/aromatic N) is 7. The molecule has 6 aromatic carbocycles. The molecule has 1 aliphatic carbocycles. The molecule has 0 bridgehead atoms. The first-order valence-electron chi connectivity index (χ1n) is 21.3. The van der Waals surface area contributed by atoms with Crippen molar-refractivity contribution in [2.75, 3.05) is 0 Å². The van der Waals surface area contributed by atoms with Gasteiger partial charge in [-0.25, -0.2) is 24.9 Å². The number of fused-ring (bicyclic) bond motifs is 5. The highest BCUT2D eigenvalue weighted by atomic mass is 15.0. The molecule has 0 saturated heterocycles. The van der Waals surface area contributed by atoms with E-state index in [-0.39, 0.29) is 5.41 Å². The molecule has 7 heteroatoms. The molecular weight excluding hydrogens is 771 g/mol. The fourth-order valence-corrected chi connectivity index (χ4v) is 9.36. The summed E-state index contributed by atoms with van der Waals surface area (Å²) < 4.78 is 4.32. The van der Waals surface area contributed by atoms with E-state index in [1.165, 1.54) is 22.3 Å². The second-order valence-corrected chi connectivity index (χ2v) is 16.6. The first kappa shape index (κ1) is 36.6. The van der Waals surface area contributed by atoms with E-state index < -0.39 is 0 Å². The van der Waals surface area contributed by atoms with E-state index in [1.54, 1.807) is 0 Å². The van der Waals surface area contributed by atoms with E-state index in [4.69, 9.17) is 24.9 Å². The topological polar surface area (TPSA) is 73.3 Å². The third kappa shape index (κ3) is 6.08. The van der Waals surface area contributed by atoms with Crippen LogP contribution < -0.4 is 0 Å². The summed E-state index contributed by atoms with van der Waals surface area (Å²) in [6, 6.07) is 65.3. The Hall–Kier alpha value is -8.29. The highest BCUT2D eigenvalue weighted by Gasteiger charge is 2.35. The summed E-state index contributed by atoms with van der Waals surface area (Å²) in [5.41, 5.74) is 17.3. The van der Waals surface area contributed by atoms with Crippen LogP contribution in [0.4, 0.5) is 0 Å². The van der Waals surface area contributed by atoms with Crippen LogP contribution >= 0.6 is 0 Å². The molecule has 0 radical (unpaired) electrons. The van der Waals surface area contributed by atoms with Gasteiger partial charge in [0.15, 0.2) is 17.5 Å². The summed E-state index contributed by atoms with van der Waals surface area (Å²) in [4.78, 5) is 26.1. The smallest absolute Gasteiger partial charge is 0.164 e. The zero-order valence-corrected chi connectivity index (χ0v) is 34.7. The van der Waals surface area contributed by atoms with Crippen molar-refractivity contribution in [3.05, 3.63) is 212 Å². The van der Waals surface area contributed by atoms with Crippen molar-refractivity contribution in [3.63, 3.8) is 0 Å². The molecule has 7 nitrogen and oxygen atoms in total. The normalized spacial score (nSPS) is 12.7. The SMILES string of the molecule is CC1(C)c2ccccc2-c2ccc(-c3nc(-c4cccc(-c5c(-c6ccccc6)nc6ccccn56)c4)nc(-c4cccc(-c5c(-c6ccccc6)nc6ccccn56)c4)n3)cc21. The van der Waals surface area contributed by atoms with Crippen LogP contribution in [-0.2, 0) is 5.41 Å². The summed E-state index contributed by atoms with van der Waals surface area (Å²) >= 11 is 0. The predicted molar refractivity (Wildman–Crippen MR) is 253 cm³/mol. The molecule has 0 amide bonds. The van der Waals surface area contributed by atoms with E-state index in [0.29, 0.717) is 17.5 Å². The molecular formula is C56H39N7. The van der Waals surface area contributed by atoms with Crippen LogP contribution in [0.25, 0.3) is 102 Å². The van der Waals surface area contributed by atoms with Crippen LogP contribution in [-0.4, -0.2) is 33.7 Å². The predicted octanol–water partition coefficient (Wildman–Crippen LogP) is 13.1. The van der Waals surface area contributed by atoms with Gasteiger partial charge >= 0.3 is 0 Å². The molecule has 11 aromatic rings. The summed E-state index contributed by atoms with van der Waals surface area (Å²) in [6.07, 6.45) is 4.15. The Balaban J connectivity index is 1.05. The summed E-state index contributed by atoms with van der Waals surface area (Å²) in [5.74, 6) is 1.78. The van der Waals surface area contributed by atoms with Gasteiger partial charge in [0.2, 0.25) is 0 Å². The Morgan fingerprint density at radius 2 is 0.762 bits per heavy atom. The van der Waals surface area contributed by atoms with Gasteiger partial charge in [0.05, 0.1) is 22.8 Å². The van der Waals surface area contributed by atoms with Crippen LogP contribution in [0, 0.1) is 0 Å². The fourth-order valence-electron chi connectivity index (χ4n) is 9.36. The molecule has 5 heterocycles. The third-order valence-electron chi connectivity index (χ3n) is 12.4. The van der Waals surface area contributed by atoms with E-state index in [0.717, 1.165) is 73.0 Å². The lowest BCUT2D eigenvalue weighted by molar-refractivity contribution is 0.660. The van der Waals surface area contributed by atoms with Gasteiger partial charge in [-0.15, -0.1) is 0 Å². The summed E-state index contributed by atoms with van der Waals surface area (Å²) in [6.45, 7) is 4.60. The van der Waals surface area contributed by atoms with Crippen molar-refractivity contribution in [1.82, 2.24) is 33.7 Å². The van der Waals surface area contributed by atoms with Gasteiger partial charge in [0.25, 0.3) is 0 Å². The molecule has 0 saturated carbocycles. The number of hydrogen-bond donors (Lipinski definition) is 0. The number of pyridine rings is 2. The lowest BCUT2D eigenvalue weighted by Crippen LogP contribution is -2.15. The molecule has 0 spiro atoms. The van der Waals surface area contributed by atoms with Gasteiger partial charge in [-0.2, -0.15) is 0 Å². The molecule has 298 valence electrons. The second kappa shape index (κ2) is 14.4. The van der Waals surface area contributed by atoms with E-state index in [9.17, 15) is 0 Å². The Bertz CT molecular complexity index is 3370. The zero-order chi connectivity index (χ0) is 42.1. The van der Waals surface area contributed by atoms with Gasteiger partial charge in [-0.1, -0.05) is 159 Å². The first-order chi connectivity index (χ1) is 31.0. The van der Waals surface area contributed by atoms with Gasteiger partial charge in [-0.05, 0) is 64.7 Å². The molecule has 0 N–H and O–H groups in total. The molecule has 0 aliphatic heterocycles. The molecule has 63 heavy (non-hydrogen) atoms. The molecule has 1 aliphatic rings. The minimum atomic E-state index is -0.182. The highest BCUT2D eigenvalue weighted by Crippen LogP contribution is 2.49. The Morgan fingerprint density at radius 1 is 0.333 bits per heavy atom. The fraction of sp³-hybridized carbons (Fsp3) is 0.0536. The number of hydrogen-bond acceptors (Lipinski definition) is 5. The maximum absolute atomic E-state index is 5.30. The van der Waals surface area contributed by atoms with E-state index in [1.807, 2.05) is 48.5 Å². The van der Waals surface area contributed by atoms with Crippen molar-refractivity contribution in [3.8, 4) is 90.3 Å². The van der Waals surface area contributed by atoms with Gasteiger partial charge in [0.1, 0.15) is 11.3 Å². The largest absolute Gasteiger partial charge is 0.299 e. The van der Waals surface area contributed by atoms with Crippen molar-refractivity contribution in [2.24, 2.45) is 0 Å². The maximum atomic E-state index is 5.30. The Kier molecular flexibility index (Phi) is 8.37. The van der Waals surface area contributed by atoms with Crippen molar-refractivity contribution in [1.29, 1.82) is 0 Å². The highest BCUT2D eigenvalue weighted by molar-refractivity contribution is 5.87. The summed E-state index contributed by atoms with van der Waals surface area (Å²) in [5, 5.41) is 0. The molecule has 0 unspecified atom stereocenters. The van der Waals surface area contributed by atoms with E-state index in [2.05, 4.69) is 175 Å². The molecule has 0 fully saturated rings. The Morgan fingerprint density at radius 3 is 1.30 bits per heavy atom. The van der Waals surface area contributed by atoms with Crippen molar-refractivity contribution in [2.45, 2.75) is 19.3 Å². The third-order valence-corrected chi connectivity index (χ3v) is 12.4. The second-order valence-electron chi connectivity index (χ2n) is 16.6. The van der Waals surface area contributed by atoms with Gasteiger partial charge in [0, 0.05) is 56.8 Å². The Labute approximate surface area is 364 Å². The minimum Gasteiger partial charge on any atom is -0.299 e. The van der Waals surface area contributed by atoms with Gasteiger partial charge < -0.3 is 0 Å². The first-order valence-corrected chi connectivity index (χ1v) is 21.3. The van der Waals surface area contributed by atoms with Crippen LogP contribution in [0.3, 0.4) is 0 Å². The quantitative estimate of drug-likeness (QED) is 0.160. The molecule has 5 aromatic heterocycles. The zero-order valence-electron chi connectivity index (χ0n) is 34.7. The number of rotatable bonds is 7. The van der Waals surface area contributed by atoms with Crippen molar-refractivity contribution >= 4 is 11.3 Å². The summed E-state index contributed by atoms with van der Waals surface area (Å²) in [7, 11) is 0. The average molecular weight is 810 g/mol. The number of imidazole rings is 2. The number of benzene rings is 6. The van der Waals surface area contributed by atoms with Crippen LogP contribution in [0.1, 0.15) is 25.0 Å². The lowest BCUT2D eigenvalue weighted by atomic mass is 9.82. The van der Waals surface area contributed by atoms with Crippen LogP contribution in [0.2, 0.25) is 0 Å². The van der Waals surface area contributed by atoms with Crippen LogP contribution in [0.5, 0.6) is 0 Å². The maximum Gasteiger partial charge on any atom is 0.164 e. The number of aromatic nitrogens is 7. The average Bonchev–Trinajstić information content (AvgIpc) is 4.00. The lowest BCUT2D eigenvalue weighted by Gasteiger charge is -2.21. The van der Waals surface area contributed by atoms with E-state index >= 15 is 0 Å². The standard InChI is InChI=1S/C56H39N7/c1-56(2)45-26-10-9-25-43(45)44-30-29-42(35-46(44)56)55-60-53(40-23-15-21-38(33-40)51-49(36-17-5-3-6-18-36)57-47-27-11-13-31-62(47)51)59-54(61-55)41-24-16-22-39(34-41)52-50(37-19-7-4-8-20-37)58-48-28-12-14-32-63(48)52/h3-35H,1-2H3. The minimum absolute atomic E-state index is 0.182. The van der Waals surface area contributed by atoms with Crippen LogP contribution in [0.15, 0.2) is 200 Å².